The summed E-state index contributed by atoms with van der Waals surface area (Å²) in [6.45, 7) is 3.98. The fourth-order valence-corrected chi connectivity index (χ4v) is 1.93. The van der Waals surface area contributed by atoms with Gasteiger partial charge in [-0.15, -0.1) is 0 Å². The second kappa shape index (κ2) is 7.35. The van der Waals surface area contributed by atoms with Crippen LogP contribution in [-0.4, -0.2) is 33.4 Å². The smallest absolute Gasteiger partial charge is 0.227 e. The summed E-state index contributed by atoms with van der Waals surface area (Å²) in [5.41, 5.74) is 0.922. The van der Waals surface area contributed by atoms with Crippen LogP contribution in [0.4, 0.5) is 5.82 Å². The zero-order valence-corrected chi connectivity index (χ0v) is 12.6. The van der Waals surface area contributed by atoms with Crippen LogP contribution in [0, 0.1) is 6.92 Å². The number of pyridine rings is 1. The van der Waals surface area contributed by atoms with Crippen molar-refractivity contribution in [3.05, 3.63) is 41.9 Å². The molecule has 1 N–H and O–H groups in total. The summed E-state index contributed by atoms with van der Waals surface area (Å²) in [7, 11) is 0. The Morgan fingerprint density at radius 2 is 2.23 bits per heavy atom. The number of aromatic nitrogens is 2. The van der Waals surface area contributed by atoms with E-state index in [4.69, 9.17) is 4.52 Å². The first-order valence-electron chi connectivity index (χ1n) is 6.92. The predicted octanol–water partition coefficient (Wildman–Crippen LogP) is 1.76. The summed E-state index contributed by atoms with van der Waals surface area (Å²) in [6, 6.07) is 5.34. The van der Waals surface area contributed by atoms with Crippen molar-refractivity contribution in [3.63, 3.8) is 0 Å². The second-order valence-electron chi connectivity index (χ2n) is 4.92. The molecule has 0 unspecified atom stereocenters. The van der Waals surface area contributed by atoms with Crippen LogP contribution in [0.3, 0.4) is 0 Å². The van der Waals surface area contributed by atoms with Gasteiger partial charge in [-0.2, -0.15) is 0 Å². The first-order valence-corrected chi connectivity index (χ1v) is 6.92. The number of nitrogens with one attached hydrogen (secondary N) is 1. The highest BCUT2D eigenvalue weighted by Crippen LogP contribution is 2.08. The maximum atomic E-state index is 11.9. The van der Waals surface area contributed by atoms with Crippen LogP contribution < -0.4 is 5.32 Å². The molecule has 0 spiro atoms. The van der Waals surface area contributed by atoms with E-state index < -0.39 is 0 Å². The Morgan fingerprint density at radius 3 is 2.82 bits per heavy atom. The van der Waals surface area contributed by atoms with E-state index in [1.54, 1.807) is 30.3 Å². The minimum atomic E-state index is -0.217. The molecule has 2 aromatic rings. The van der Waals surface area contributed by atoms with Gasteiger partial charge in [0.05, 0.1) is 0 Å². The fourth-order valence-electron chi connectivity index (χ4n) is 1.93. The van der Waals surface area contributed by atoms with Gasteiger partial charge in [0.1, 0.15) is 5.76 Å². The van der Waals surface area contributed by atoms with E-state index in [2.05, 4.69) is 15.5 Å². The maximum absolute atomic E-state index is 11.9. The maximum Gasteiger partial charge on any atom is 0.227 e. The number of amides is 2. The number of carbonyl (C=O) groups is 2. The molecular formula is C15H18N4O3. The molecule has 0 aromatic carbocycles. The van der Waals surface area contributed by atoms with Crippen LogP contribution in [0.15, 0.2) is 35.1 Å². The minimum Gasteiger partial charge on any atom is -0.360 e. The topological polar surface area (TPSA) is 88.3 Å². The molecule has 0 aliphatic heterocycles. The predicted molar refractivity (Wildman–Crippen MR) is 79.8 cm³/mol. The van der Waals surface area contributed by atoms with Gasteiger partial charge in [0.2, 0.25) is 11.8 Å². The molecule has 0 atom stereocenters. The number of aryl methyl sites for hydroxylation is 1. The van der Waals surface area contributed by atoms with Gasteiger partial charge in [-0.05, 0) is 18.6 Å². The lowest BCUT2D eigenvalue weighted by Crippen LogP contribution is -2.31. The van der Waals surface area contributed by atoms with Crippen LogP contribution in [0.1, 0.15) is 24.7 Å². The van der Waals surface area contributed by atoms with Crippen LogP contribution in [0.25, 0.3) is 0 Å². The Labute approximate surface area is 128 Å². The third kappa shape index (κ3) is 4.69. The largest absolute Gasteiger partial charge is 0.360 e. The Hall–Kier alpha value is -2.70. The van der Waals surface area contributed by atoms with Crippen molar-refractivity contribution in [1.29, 1.82) is 0 Å². The molecule has 2 aromatic heterocycles. The Kier molecular flexibility index (Phi) is 5.24. The number of carbonyl (C=O) groups excluding carboxylic acids is 2. The Bertz CT molecular complexity index is 639. The number of nitrogens with zero attached hydrogens (tertiary/aromatic N) is 3. The fraction of sp³-hybridized carbons (Fsp3) is 0.333. The van der Waals surface area contributed by atoms with Crippen molar-refractivity contribution in [1.82, 2.24) is 15.0 Å². The summed E-state index contributed by atoms with van der Waals surface area (Å²) in [5, 5.41) is 6.32. The minimum absolute atomic E-state index is 0.0890. The molecule has 0 aliphatic rings. The first kappa shape index (κ1) is 15.7. The average molecular weight is 302 g/mol. The molecule has 2 amide bonds. The molecule has 0 saturated carbocycles. The highest BCUT2D eigenvalue weighted by Gasteiger charge is 2.13. The summed E-state index contributed by atoms with van der Waals surface area (Å²) in [4.78, 5) is 29.1. The summed E-state index contributed by atoms with van der Waals surface area (Å²) in [6.07, 6.45) is 3.56. The first-order chi connectivity index (χ1) is 10.5. The third-order valence-electron chi connectivity index (χ3n) is 3.05. The molecular weight excluding hydrogens is 284 g/mol. The standard InChI is InChI=1S/C15H18N4O3/c1-11-8-14(18-22-11)17-15(21)5-7-19(12(2)20)10-13-4-3-6-16-9-13/h3-4,6,8-9H,5,7,10H2,1-2H3,(H,17,18,21). The lowest BCUT2D eigenvalue weighted by Gasteiger charge is -2.20. The molecule has 0 bridgehead atoms. The normalized spacial score (nSPS) is 10.3. The van der Waals surface area contributed by atoms with E-state index in [1.807, 2.05) is 12.1 Å². The van der Waals surface area contributed by atoms with Crippen molar-refractivity contribution in [2.45, 2.75) is 26.8 Å². The lowest BCUT2D eigenvalue weighted by atomic mass is 10.2. The van der Waals surface area contributed by atoms with Crippen molar-refractivity contribution in [2.75, 3.05) is 11.9 Å². The van der Waals surface area contributed by atoms with Gasteiger partial charge < -0.3 is 14.7 Å². The van der Waals surface area contributed by atoms with Crippen LogP contribution in [0.5, 0.6) is 0 Å². The zero-order chi connectivity index (χ0) is 15.9. The van der Waals surface area contributed by atoms with Gasteiger partial charge in [-0.3, -0.25) is 14.6 Å². The highest BCUT2D eigenvalue weighted by atomic mass is 16.5. The van der Waals surface area contributed by atoms with Crippen molar-refractivity contribution < 1.29 is 14.1 Å². The molecule has 22 heavy (non-hydrogen) atoms. The van der Waals surface area contributed by atoms with Crippen molar-refractivity contribution in [3.8, 4) is 0 Å². The van der Waals surface area contributed by atoms with Gasteiger partial charge in [-0.1, -0.05) is 11.2 Å². The monoisotopic (exact) mass is 302 g/mol. The average Bonchev–Trinajstić information content (AvgIpc) is 2.89. The molecule has 0 saturated heterocycles. The molecule has 0 aliphatic carbocycles. The molecule has 2 heterocycles. The zero-order valence-electron chi connectivity index (χ0n) is 12.6. The molecule has 116 valence electrons. The quantitative estimate of drug-likeness (QED) is 0.878. The Balaban J connectivity index is 1.86. The van der Waals surface area contributed by atoms with E-state index in [0.717, 1.165) is 5.56 Å². The van der Waals surface area contributed by atoms with Gasteiger partial charge in [0.25, 0.3) is 0 Å². The van der Waals surface area contributed by atoms with E-state index >= 15 is 0 Å². The van der Waals surface area contributed by atoms with Crippen LogP contribution in [0.2, 0.25) is 0 Å². The molecule has 2 rings (SSSR count). The van der Waals surface area contributed by atoms with Crippen LogP contribution >= 0.6 is 0 Å². The molecule has 0 radical (unpaired) electrons. The van der Waals surface area contributed by atoms with E-state index in [0.29, 0.717) is 24.7 Å². The lowest BCUT2D eigenvalue weighted by molar-refractivity contribution is -0.129. The van der Waals surface area contributed by atoms with Crippen LogP contribution in [-0.2, 0) is 16.1 Å². The summed E-state index contributed by atoms with van der Waals surface area (Å²) < 4.78 is 4.87. The number of hydrogen-bond acceptors (Lipinski definition) is 5. The molecule has 7 nitrogen and oxygen atoms in total. The van der Waals surface area contributed by atoms with Crippen molar-refractivity contribution >= 4 is 17.6 Å². The number of rotatable bonds is 6. The van der Waals surface area contributed by atoms with Crippen molar-refractivity contribution in [2.24, 2.45) is 0 Å². The summed E-state index contributed by atoms with van der Waals surface area (Å²) in [5.74, 6) is 0.695. The summed E-state index contributed by atoms with van der Waals surface area (Å²) >= 11 is 0. The third-order valence-corrected chi connectivity index (χ3v) is 3.05. The van der Waals surface area contributed by atoms with Gasteiger partial charge in [0, 0.05) is 44.9 Å². The van der Waals surface area contributed by atoms with Gasteiger partial charge in [-0.25, -0.2) is 0 Å². The van der Waals surface area contributed by atoms with Gasteiger partial charge >= 0.3 is 0 Å². The molecule has 7 heteroatoms. The molecule has 0 fully saturated rings. The van der Waals surface area contributed by atoms with E-state index in [1.165, 1.54) is 6.92 Å². The SMILES string of the molecule is CC(=O)N(CCC(=O)Nc1cc(C)on1)Cc1cccnc1. The van der Waals surface area contributed by atoms with E-state index in [9.17, 15) is 9.59 Å². The Morgan fingerprint density at radius 1 is 1.41 bits per heavy atom. The second-order valence-corrected chi connectivity index (χ2v) is 4.92. The highest BCUT2D eigenvalue weighted by molar-refractivity contribution is 5.90. The number of hydrogen-bond donors (Lipinski definition) is 1. The van der Waals surface area contributed by atoms with Gasteiger partial charge in [0.15, 0.2) is 5.82 Å². The number of anilines is 1. The van der Waals surface area contributed by atoms with E-state index in [-0.39, 0.29) is 18.2 Å².